The van der Waals surface area contributed by atoms with E-state index in [1.807, 2.05) is 4.72 Å². The molecule has 2 heterocycles. The third-order valence-corrected chi connectivity index (χ3v) is 7.32. The summed E-state index contributed by atoms with van der Waals surface area (Å²) in [5, 5.41) is 9.65. The van der Waals surface area contributed by atoms with Crippen LogP contribution in [-0.4, -0.2) is 46.4 Å². The van der Waals surface area contributed by atoms with Gasteiger partial charge in [0.05, 0.1) is 11.9 Å². The Morgan fingerprint density at radius 3 is 2.46 bits per heavy atom. The minimum absolute atomic E-state index is 0.0464. The molecule has 16 heteroatoms. The number of hydrogen-bond donors (Lipinski definition) is 4. The fraction of sp³-hybridized carbons (Fsp3) is 0.200. The van der Waals surface area contributed by atoms with Gasteiger partial charge in [-0.2, -0.15) is 18.3 Å². The van der Waals surface area contributed by atoms with Crippen LogP contribution in [0.2, 0.25) is 0 Å². The van der Waals surface area contributed by atoms with Crippen LogP contribution in [0.25, 0.3) is 11.3 Å². The fourth-order valence-electron chi connectivity index (χ4n) is 4.16. The largest absolute Gasteiger partial charge is 0.480 e. The Hall–Kier alpha value is -4.73. The summed E-state index contributed by atoms with van der Waals surface area (Å²) in [6, 6.07) is 9.32. The maximum absolute atomic E-state index is 13.5. The van der Waals surface area contributed by atoms with E-state index in [1.54, 1.807) is 0 Å². The zero-order valence-electron chi connectivity index (χ0n) is 20.9. The quantitative estimate of drug-likeness (QED) is 0.199. The number of alkyl halides is 3. The minimum atomic E-state index is -4.99. The number of benzene rings is 2. The highest BCUT2D eigenvalue weighted by Gasteiger charge is 2.48. The topological polar surface area (TPSA) is 165 Å². The van der Waals surface area contributed by atoms with Gasteiger partial charge in [-0.3, -0.25) is 19.6 Å². The zero-order valence-corrected chi connectivity index (χ0v) is 21.7. The molecule has 1 saturated carbocycles. The Balaban J connectivity index is 1.55. The van der Waals surface area contributed by atoms with Crippen molar-refractivity contribution in [3.05, 3.63) is 78.0 Å². The number of carbonyl (C=O) groups is 1. The molecule has 2 aromatic carbocycles. The van der Waals surface area contributed by atoms with Crippen molar-refractivity contribution in [2.75, 3.05) is 15.8 Å². The molecule has 1 aliphatic carbocycles. The van der Waals surface area contributed by atoms with E-state index < -0.39 is 39.3 Å². The second kappa shape index (κ2) is 10.3. The van der Waals surface area contributed by atoms with Crippen molar-refractivity contribution >= 4 is 33.3 Å². The summed E-state index contributed by atoms with van der Waals surface area (Å²) in [6.07, 6.45) is 0.210. The van der Waals surface area contributed by atoms with Crippen molar-refractivity contribution in [2.45, 2.75) is 24.6 Å². The Morgan fingerprint density at radius 2 is 1.85 bits per heavy atom. The molecule has 0 atom stereocenters. The SMILES string of the molecule is NC(=O)c1c(-c2ccc(NS(=O)(=O)CC(F)(F)F)c(OC3(c4ccc(F)cc4)CC3)c2)n[nH]c1Nc1cnccn1. The van der Waals surface area contributed by atoms with E-state index in [0.717, 1.165) is 0 Å². The summed E-state index contributed by atoms with van der Waals surface area (Å²) in [4.78, 5) is 20.4. The molecule has 1 fully saturated rings. The first-order chi connectivity index (χ1) is 19.3. The van der Waals surface area contributed by atoms with E-state index in [2.05, 4.69) is 25.5 Å². The highest BCUT2D eigenvalue weighted by molar-refractivity contribution is 7.92. The molecule has 1 aliphatic rings. The van der Waals surface area contributed by atoms with Crippen LogP contribution < -0.4 is 20.5 Å². The molecular formula is C25H21F4N7O4S. The summed E-state index contributed by atoms with van der Waals surface area (Å²) < 4.78 is 85.0. The molecule has 2 aromatic heterocycles. The van der Waals surface area contributed by atoms with Crippen molar-refractivity contribution < 1.29 is 35.5 Å². The van der Waals surface area contributed by atoms with Gasteiger partial charge in [0.25, 0.3) is 5.91 Å². The summed E-state index contributed by atoms with van der Waals surface area (Å²) >= 11 is 0. The molecule has 0 aliphatic heterocycles. The highest BCUT2D eigenvalue weighted by Crippen LogP contribution is 2.51. The molecule has 0 radical (unpaired) electrons. The number of primary amides is 1. The van der Waals surface area contributed by atoms with Crippen molar-refractivity contribution in [1.82, 2.24) is 20.2 Å². The Morgan fingerprint density at radius 1 is 1.12 bits per heavy atom. The first-order valence-corrected chi connectivity index (χ1v) is 13.6. The van der Waals surface area contributed by atoms with Crippen LogP contribution in [0.1, 0.15) is 28.8 Å². The smallest absolute Gasteiger partial charge is 0.404 e. The number of aromatic amines is 1. The molecule has 5 rings (SSSR count). The van der Waals surface area contributed by atoms with Gasteiger partial charge in [-0.25, -0.2) is 17.8 Å². The maximum atomic E-state index is 13.5. The lowest BCUT2D eigenvalue weighted by molar-refractivity contribution is -0.106. The van der Waals surface area contributed by atoms with Gasteiger partial charge in [0.15, 0.2) is 5.75 Å². The third kappa shape index (κ3) is 6.37. The monoisotopic (exact) mass is 591 g/mol. The van der Waals surface area contributed by atoms with Gasteiger partial charge in [-0.1, -0.05) is 18.2 Å². The van der Waals surface area contributed by atoms with E-state index >= 15 is 0 Å². The summed E-state index contributed by atoms with van der Waals surface area (Å²) in [6.45, 7) is 0. The molecule has 0 unspecified atom stereocenters. The average molecular weight is 592 g/mol. The Labute approximate surface area is 230 Å². The number of nitrogens with two attached hydrogens (primary N) is 1. The molecule has 1 amide bonds. The number of aromatic nitrogens is 4. The van der Waals surface area contributed by atoms with Gasteiger partial charge in [-0.15, -0.1) is 0 Å². The number of hydrogen-bond acceptors (Lipinski definition) is 8. The molecule has 41 heavy (non-hydrogen) atoms. The Bertz CT molecular complexity index is 1690. The predicted molar refractivity (Wildman–Crippen MR) is 139 cm³/mol. The average Bonchev–Trinajstić information content (AvgIpc) is 3.54. The zero-order chi connectivity index (χ0) is 29.4. The molecule has 0 spiro atoms. The number of rotatable bonds is 10. The number of nitrogens with one attached hydrogen (secondary N) is 3. The van der Waals surface area contributed by atoms with E-state index in [0.29, 0.717) is 18.4 Å². The number of sulfonamides is 1. The van der Waals surface area contributed by atoms with E-state index in [-0.39, 0.29) is 39.9 Å². The molecule has 0 saturated heterocycles. The van der Waals surface area contributed by atoms with Gasteiger partial charge >= 0.3 is 6.18 Å². The number of H-pyrrole nitrogens is 1. The van der Waals surface area contributed by atoms with Crippen molar-refractivity contribution in [2.24, 2.45) is 5.73 Å². The number of anilines is 3. The van der Waals surface area contributed by atoms with Crippen molar-refractivity contribution in [3.63, 3.8) is 0 Å². The first-order valence-electron chi connectivity index (χ1n) is 11.9. The molecule has 4 aromatic rings. The lowest BCUT2D eigenvalue weighted by Gasteiger charge is -2.22. The van der Waals surface area contributed by atoms with Crippen molar-refractivity contribution in [3.8, 4) is 17.0 Å². The highest BCUT2D eigenvalue weighted by atomic mass is 32.2. The summed E-state index contributed by atoms with van der Waals surface area (Å²) in [5.41, 5.74) is 5.15. The molecule has 214 valence electrons. The van der Waals surface area contributed by atoms with Gasteiger partial charge in [0, 0.05) is 18.0 Å². The van der Waals surface area contributed by atoms with E-state index in [9.17, 15) is 30.8 Å². The maximum Gasteiger partial charge on any atom is 0.404 e. The van der Waals surface area contributed by atoms with Crippen LogP contribution in [0.15, 0.2) is 61.1 Å². The summed E-state index contributed by atoms with van der Waals surface area (Å²) in [7, 11) is -4.87. The third-order valence-electron chi connectivity index (χ3n) is 6.08. The Kier molecular flexibility index (Phi) is 7.02. The fourth-order valence-corrected chi connectivity index (χ4v) is 5.16. The van der Waals surface area contributed by atoms with Crippen LogP contribution >= 0.6 is 0 Å². The van der Waals surface area contributed by atoms with Crippen LogP contribution in [0.3, 0.4) is 0 Å². The number of carbonyl (C=O) groups excluding carboxylic acids is 1. The van der Waals surface area contributed by atoms with E-state index in [4.69, 9.17) is 10.5 Å². The van der Waals surface area contributed by atoms with Crippen LogP contribution in [-0.2, 0) is 15.6 Å². The van der Waals surface area contributed by atoms with Crippen molar-refractivity contribution in [1.29, 1.82) is 0 Å². The lowest BCUT2D eigenvalue weighted by atomic mass is 10.0. The predicted octanol–water partition coefficient (Wildman–Crippen LogP) is 4.22. The first kappa shape index (κ1) is 27.8. The normalized spacial score (nSPS) is 14.3. The second-order valence-corrected chi connectivity index (χ2v) is 10.9. The van der Waals surface area contributed by atoms with Gasteiger partial charge in [-0.05, 0) is 42.7 Å². The molecule has 5 N–H and O–H groups in total. The second-order valence-electron chi connectivity index (χ2n) is 9.19. The van der Waals surface area contributed by atoms with Gasteiger partial charge in [0.2, 0.25) is 10.0 Å². The number of nitrogens with zero attached hydrogens (tertiary/aromatic N) is 3. The standard InChI is InChI=1S/C25H21F4N7O4S/c26-16-4-2-15(3-5-16)24(7-8-24)40-18-11-14(1-6-17(18)36-41(38,39)13-25(27,28)29)21-20(22(30)37)23(35-34-21)33-19-12-31-9-10-32-19/h1-6,9-12,36H,7-8,13H2,(H2,30,37)(H2,32,33,34,35). The molecule has 0 bridgehead atoms. The van der Waals surface area contributed by atoms with Gasteiger partial charge in [0.1, 0.15) is 40.1 Å². The summed E-state index contributed by atoms with van der Waals surface area (Å²) in [5.74, 6) is -3.24. The number of ether oxygens (including phenoxy) is 1. The molecule has 11 nitrogen and oxygen atoms in total. The number of halogens is 4. The number of amides is 1. The molecular weight excluding hydrogens is 570 g/mol. The van der Waals surface area contributed by atoms with Crippen LogP contribution in [0.5, 0.6) is 5.75 Å². The van der Waals surface area contributed by atoms with Gasteiger partial charge < -0.3 is 15.8 Å². The lowest BCUT2D eigenvalue weighted by Crippen LogP contribution is -2.28. The van der Waals surface area contributed by atoms with E-state index in [1.165, 1.54) is 61.1 Å². The van der Waals surface area contributed by atoms with Crippen LogP contribution in [0.4, 0.5) is 34.9 Å². The van der Waals surface area contributed by atoms with Crippen LogP contribution in [0, 0.1) is 5.82 Å². The minimum Gasteiger partial charge on any atom is -0.480 e.